The Morgan fingerprint density at radius 3 is 2.48 bits per heavy atom. The number of carbonyl (C=O) groups excluding carboxylic acids is 2. The number of carbonyl (C=O) groups is 2. The fourth-order valence-corrected chi connectivity index (χ4v) is 4.01. The van der Waals surface area contributed by atoms with Crippen LogP contribution in [0.25, 0.3) is 16.2 Å². The van der Waals surface area contributed by atoms with Crippen molar-refractivity contribution in [2.45, 2.75) is 13.8 Å². The second-order valence-corrected chi connectivity index (χ2v) is 7.39. The fraction of sp³-hybridized carbons (Fsp3) is 0.136. The van der Waals surface area contributed by atoms with E-state index in [1.807, 2.05) is 47.9 Å². The molecular weight excluding hydrogens is 386 g/mol. The van der Waals surface area contributed by atoms with E-state index in [1.165, 1.54) is 11.3 Å². The number of amides is 1. The summed E-state index contributed by atoms with van der Waals surface area (Å²) < 4.78 is 6.90. The number of fused-ring (bicyclic) bond motifs is 1. The zero-order valence-corrected chi connectivity index (χ0v) is 16.8. The third kappa shape index (κ3) is 3.77. The molecule has 0 saturated carbocycles. The van der Waals surface area contributed by atoms with E-state index in [1.54, 1.807) is 31.2 Å². The number of ether oxygens (including phenoxy) is 1. The molecule has 0 atom stereocenters. The van der Waals surface area contributed by atoms with E-state index in [2.05, 4.69) is 10.3 Å². The lowest BCUT2D eigenvalue weighted by Crippen LogP contribution is -2.12. The highest BCUT2D eigenvalue weighted by Gasteiger charge is 2.18. The molecule has 4 rings (SSSR count). The standard InChI is InChI=1S/C22H19N3O3S/c1-3-28-21(27)16-9-11-17(12-10-16)23-20(26)19-14(2)25-13-18(24-22(25)29-19)15-7-5-4-6-8-15/h4-13H,3H2,1-2H3,(H,23,26). The molecular formula is C22H19N3O3S. The molecule has 0 saturated heterocycles. The van der Waals surface area contributed by atoms with E-state index in [0.29, 0.717) is 22.7 Å². The smallest absolute Gasteiger partial charge is 0.338 e. The van der Waals surface area contributed by atoms with Crippen molar-refractivity contribution in [2.75, 3.05) is 11.9 Å². The first-order chi connectivity index (χ1) is 14.1. The predicted molar refractivity (Wildman–Crippen MR) is 114 cm³/mol. The molecule has 1 amide bonds. The van der Waals surface area contributed by atoms with Gasteiger partial charge < -0.3 is 10.1 Å². The van der Waals surface area contributed by atoms with Crippen LogP contribution >= 0.6 is 11.3 Å². The molecule has 0 bridgehead atoms. The van der Waals surface area contributed by atoms with E-state index in [4.69, 9.17) is 4.74 Å². The van der Waals surface area contributed by atoms with Crippen molar-refractivity contribution in [3.63, 3.8) is 0 Å². The Labute approximate surface area is 171 Å². The molecule has 4 aromatic rings. The largest absolute Gasteiger partial charge is 0.462 e. The van der Waals surface area contributed by atoms with Crippen LogP contribution in [0.4, 0.5) is 5.69 Å². The number of hydrogen-bond donors (Lipinski definition) is 1. The molecule has 6 nitrogen and oxygen atoms in total. The molecule has 0 spiro atoms. The average molecular weight is 405 g/mol. The van der Waals surface area contributed by atoms with Crippen LogP contribution in [-0.2, 0) is 4.74 Å². The van der Waals surface area contributed by atoms with E-state index in [9.17, 15) is 9.59 Å². The van der Waals surface area contributed by atoms with Crippen LogP contribution in [0.15, 0.2) is 60.8 Å². The summed E-state index contributed by atoms with van der Waals surface area (Å²) >= 11 is 1.35. The third-order valence-corrected chi connectivity index (χ3v) is 5.64. The molecule has 0 unspecified atom stereocenters. The SMILES string of the molecule is CCOC(=O)c1ccc(NC(=O)c2sc3nc(-c4ccccc4)cn3c2C)cc1. The van der Waals surface area contributed by atoms with Gasteiger partial charge in [-0.15, -0.1) is 0 Å². The number of aromatic nitrogens is 2. The van der Waals surface area contributed by atoms with Crippen LogP contribution in [0.1, 0.15) is 32.6 Å². The number of anilines is 1. The van der Waals surface area contributed by atoms with Gasteiger partial charge in [0.1, 0.15) is 4.88 Å². The van der Waals surface area contributed by atoms with Crippen LogP contribution < -0.4 is 5.32 Å². The minimum Gasteiger partial charge on any atom is -0.462 e. The molecule has 0 aliphatic carbocycles. The number of hydrogen-bond acceptors (Lipinski definition) is 5. The predicted octanol–water partition coefficient (Wildman–Crippen LogP) is 4.80. The number of thiazole rings is 1. The summed E-state index contributed by atoms with van der Waals surface area (Å²) in [6.07, 6.45) is 1.95. The lowest BCUT2D eigenvalue weighted by atomic mass is 10.2. The Balaban J connectivity index is 1.54. The van der Waals surface area contributed by atoms with E-state index in [0.717, 1.165) is 21.9 Å². The van der Waals surface area contributed by atoms with E-state index >= 15 is 0 Å². The van der Waals surface area contributed by atoms with E-state index in [-0.39, 0.29) is 11.9 Å². The number of rotatable bonds is 5. The van der Waals surface area contributed by atoms with E-state index < -0.39 is 0 Å². The van der Waals surface area contributed by atoms with Crippen molar-refractivity contribution in [3.8, 4) is 11.3 Å². The van der Waals surface area contributed by atoms with Gasteiger partial charge in [0.25, 0.3) is 5.91 Å². The molecule has 1 N–H and O–H groups in total. The van der Waals surface area contributed by atoms with Gasteiger partial charge in [0.05, 0.1) is 17.9 Å². The maximum absolute atomic E-state index is 12.7. The van der Waals surface area contributed by atoms with Crippen molar-refractivity contribution in [3.05, 3.63) is 76.9 Å². The lowest BCUT2D eigenvalue weighted by Gasteiger charge is -2.06. The van der Waals surface area contributed by atoms with Gasteiger partial charge in [0.15, 0.2) is 4.96 Å². The molecule has 0 aliphatic rings. The summed E-state index contributed by atoms with van der Waals surface area (Å²) in [6, 6.07) is 16.6. The maximum atomic E-state index is 12.7. The zero-order chi connectivity index (χ0) is 20.4. The molecule has 7 heteroatoms. The zero-order valence-electron chi connectivity index (χ0n) is 16.0. The van der Waals surface area contributed by atoms with Gasteiger partial charge in [-0.2, -0.15) is 0 Å². The van der Waals surface area contributed by atoms with Gasteiger partial charge >= 0.3 is 5.97 Å². The summed E-state index contributed by atoms with van der Waals surface area (Å²) in [5, 5.41) is 2.87. The Hall–Kier alpha value is -3.45. The van der Waals surface area contributed by atoms with Gasteiger partial charge in [-0.3, -0.25) is 9.20 Å². The van der Waals surface area contributed by atoms with Crippen LogP contribution in [0.3, 0.4) is 0 Å². The minimum atomic E-state index is -0.380. The monoisotopic (exact) mass is 405 g/mol. The lowest BCUT2D eigenvalue weighted by molar-refractivity contribution is 0.0526. The second-order valence-electron chi connectivity index (χ2n) is 6.41. The van der Waals surface area contributed by atoms with Crippen LogP contribution in [0, 0.1) is 6.92 Å². The molecule has 146 valence electrons. The Kier molecular flexibility index (Phi) is 5.14. The summed E-state index contributed by atoms with van der Waals surface area (Å²) in [6.45, 7) is 3.98. The Bertz CT molecular complexity index is 1180. The normalized spacial score (nSPS) is 10.8. The van der Waals surface area contributed by atoms with Gasteiger partial charge in [-0.25, -0.2) is 9.78 Å². The van der Waals surface area contributed by atoms with Crippen LogP contribution in [-0.4, -0.2) is 27.9 Å². The number of imidazole rings is 1. The maximum Gasteiger partial charge on any atom is 0.338 e. The van der Waals surface area contributed by atoms with Crippen LogP contribution in [0.2, 0.25) is 0 Å². The highest BCUT2D eigenvalue weighted by molar-refractivity contribution is 7.19. The number of esters is 1. The second kappa shape index (κ2) is 7.89. The topological polar surface area (TPSA) is 72.7 Å². The Morgan fingerprint density at radius 1 is 1.10 bits per heavy atom. The third-order valence-electron chi connectivity index (χ3n) is 4.49. The summed E-state index contributed by atoms with van der Waals surface area (Å²) in [5.41, 5.74) is 3.81. The van der Waals surface area contributed by atoms with Crippen LogP contribution in [0.5, 0.6) is 0 Å². The van der Waals surface area contributed by atoms with Gasteiger partial charge in [0, 0.05) is 23.1 Å². The molecule has 2 heterocycles. The first kappa shape index (κ1) is 18.9. The van der Waals surface area contributed by atoms with Gasteiger partial charge in [-0.05, 0) is 38.1 Å². The molecule has 0 radical (unpaired) electrons. The van der Waals surface area contributed by atoms with Gasteiger partial charge in [0.2, 0.25) is 0 Å². The number of nitrogens with one attached hydrogen (secondary N) is 1. The molecule has 29 heavy (non-hydrogen) atoms. The van der Waals surface area contributed by atoms with Crippen molar-refractivity contribution >= 4 is 33.9 Å². The molecule has 0 fully saturated rings. The van der Waals surface area contributed by atoms with Crippen molar-refractivity contribution in [1.29, 1.82) is 0 Å². The van der Waals surface area contributed by atoms with Crippen molar-refractivity contribution in [2.24, 2.45) is 0 Å². The van der Waals surface area contributed by atoms with Crippen molar-refractivity contribution in [1.82, 2.24) is 9.38 Å². The molecule has 2 aromatic carbocycles. The minimum absolute atomic E-state index is 0.205. The fourth-order valence-electron chi connectivity index (χ4n) is 3.00. The Morgan fingerprint density at radius 2 is 1.83 bits per heavy atom. The quantitative estimate of drug-likeness (QED) is 0.484. The highest BCUT2D eigenvalue weighted by atomic mass is 32.1. The summed E-state index contributed by atoms with van der Waals surface area (Å²) in [4.78, 5) is 30.5. The number of benzene rings is 2. The first-order valence-electron chi connectivity index (χ1n) is 9.19. The van der Waals surface area contributed by atoms with Crippen molar-refractivity contribution < 1.29 is 14.3 Å². The number of aryl methyl sites for hydroxylation is 1. The van der Waals surface area contributed by atoms with Gasteiger partial charge in [-0.1, -0.05) is 41.7 Å². The molecule has 0 aliphatic heterocycles. The first-order valence-corrected chi connectivity index (χ1v) is 10.0. The number of nitrogens with zero attached hydrogens (tertiary/aromatic N) is 2. The molecule has 2 aromatic heterocycles. The summed E-state index contributed by atoms with van der Waals surface area (Å²) in [7, 11) is 0. The average Bonchev–Trinajstić information content (AvgIpc) is 3.29. The highest BCUT2D eigenvalue weighted by Crippen LogP contribution is 2.27. The summed E-state index contributed by atoms with van der Waals surface area (Å²) in [5.74, 6) is -0.585.